The zero-order valence-corrected chi connectivity index (χ0v) is 13.5. The first-order valence-electron chi connectivity index (χ1n) is 8.25. The molecule has 0 spiro atoms. The van der Waals surface area contributed by atoms with Gasteiger partial charge in [0.2, 0.25) is 0 Å². The average molecular weight is 341 g/mol. The normalized spacial score (nSPS) is 17.8. The average Bonchev–Trinajstić information content (AvgIpc) is 3.21. The molecule has 0 atom stereocenters. The first-order valence-corrected chi connectivity index (χ1v) is 8.25. The van der Waals surface area contributed by atoms with Crippen molar-refractivity contribution < 1.29 is 13.6 Å². The molecule has 2 N–H and O–H groups in total. The second kappa shape index (κ2) is 6.20. The molecule has 0 saturated carbocycles. The predicted octanol–water partition coefficient (Wildman–Crippen LogP) is 3.97. The third kappa shape index (κ3) is 2.84. The van der Waals surface area contributed by atoms with E-state index >= 15 is 0 Å². The van der Waals surface area contributed by atoms with E-state index in [-0.39, 0.29) is 22.9 Å². The number of nitrogens with zero attached hydrogens (tertiary/aromatic N) is 1. The largest absolute Gasteiger partial charge is 0.369 e. The molecule has 4 nitrogen and oxygen atoms in total. The van der Waals surface area contributed by atoms with Crippen LogP contribution in [-0.2, 0) is 4.79 Å². The first-order chi connectivity index (χ1) is 12.1. The number of hydrogen-bond acceptors (Lipinski definition) is 3. The van der Waals surface area contributed by atoms with Gasteiger partial charge in [0.15, 0.2) is 0 Å². The van der Waals surface area contributed by atoms with Crippen LogP contribution in [0.4, 0.5) is 25.8 Å². The monoisotopic (exact) mass is 341 g/mol. The lowest BCUT2D eigenvalue weighted by atomic mass is 10.1. The topological polar surface area (TPSA) is 44.4 Å². The molecule has 0 aliphatic carbocycles. The van der Waals surface area contributed by atoms with Crippen molar-refractivity contribution in [2.75, 3.05) is 28.6 Å². The summed E-state index contributed by atoms with van der Waals surface area (Å²) < 4.78 is 28.3. The molecule has 0 radical (unpaired) electrons. The summed E-state index contributed by atoms with van der Waals surface area (Å²) in [6.07, 6.45) is 3.56. The molecule has 25 heavy (non-hydrogen) atoms. The Morgan fingerprint density at radius 3 is 2.64 bits per heavy atom. The van der Waals surface area contributed by atoms with Gasteiger partial charge in [-0.05, 0) is 43.2 Å². The molecule has 0 bridgehead atoms. The summed E-state index contributed by atoms with van der Waals surface area (Å²) in [4.78, 5) is 14.1. The van der Waals surface area contributed by atoms with Gasteiger partial charge >= 0.3 is 0 Å². The van der Waals surface area contributed by atoms with E-state index in [1.165, 1.54) is 24.4 Å². The number of hydrogen-bond donors (Lipinski definition) is 2. The maximum atomic E-state index is 14.3. The van der Waals surface area contributed by atoms with E-state index in [9.17, 15) is 13.6 Å². The summed E-state index contributed by atoms with van der Waals surface area (Å²) in [6.45, 7) is 1.73. The summed E-state index contributed by atoms with van der Waals surface area (Å²) in [7, 11) is 0. The van der Waals surface area contributed by atoms with E-state index in [4.69, 9.17) is 0 Å². The molecule has 1 saturated heterocycles. The highest BCUT2D eigenvalue weighted by atomic mass is 19.1. The second-order valence-electron chi connectivity index (χ2n) is 6.18. The number of anilines is 3. The van der Waals surface area contributed by atoms with Gasteiger partial charge in [-0.15, -0.1) is 0 Å². The summed E-state index contributed by atoms with van der Waals surface area (Å²) in [6, 6.07) is 9.35. The smallest absolute Gasteiger partial charge is 0.257 e. The number of nitrogens with one attached hydrogen (secondary N) is 2. The van der Waals surface area contributed by atoms with E-state index in [0.717, 1.165) is 25.9 Å². The van der Waals surface area contributed by atoms with Crippen molar-refractivity contribution in [2.24, 2.45) is 0 Å². The summed E-state index contributed by atoms with van der Waals surface area (Å²) in [5, 5.41) is 5.51. The summed E-state index contributed by atoms with van der Waals surface area (Å²) in [5.74, 6) is -1.17. The maximum Gasteiger partial charge on any atom is 0.257 e. The van der Waals surface area contributed by atoms with Crippen LogP contribution in [0.3, 0.4) is 0 Å². The van der Waals surface area contributed by atoms with Crippen LogP contribution in [0.1, 0.15) is 18.4 Å². The molecule has 2 aromatic rings. The van der Waals surface area contributed by atoms with Crippen LogP contribution in [0.2, 0.25) is 0 Å². The van der Waals surface area contributed by atoms with Crippen molar-refractivity contribution in [1.29, 1.82) is 0 Å². The highest BCUT2D eigenvalue weighted by Crippen LogP contribution is 2.34. The fraction of sp³-hybridized carbons (Fsp3) is 0.211. The lowest BCUT2D eigenvalue weighted by Gasteiger charge is -2.18. The van der Waals surface area contributed by atoms with E-state index in [2.05, 4.69) is 10.6 Å². The standard InChI is InChI=1S/C19H17F2N3O/c20-14-4-3-5-16-18(14)13(19(25)23-16)11-22-12-6-7-17(15(21)10-12)24-8-1-2-9-24/h3-7,10-11,22H,1-2,8-9H2,(H,23,25). The Balaban J connectivity index is 1.58. The van der Waals surface area contributed by atoms with Crippen LogP contribution in [0, 0.1) is 11.6 Å². The van der Waals surface area contributed by atoms with Gasteiger partial charge in [0, 0.05) is 30.5 Å². The highest BCUT2D eigenvalue weighted by molar-refractivity contribution is 6.31. The van der Waals surface area contributed by atoms with Gasteiger partial charge in [-0.2, -0.15) is 0 Å². The van der Waals surface area contributed by atoms with Gasteiger partial charge in [-0.3, -0.25) is 4.79 Å². The molecule has 6 heteroatoms. The number of benzene rings is 2. The number of carbonyl (C=O) groups excluding carboxylic acids is 1. The molecule has 0 unspecified atom stereocenters. The predicted molar refractivity (Wildman–Crippen MR) is 94.5 cm³/mol. The molecule has 2 aliphatic rings. The van der Waals surface area contributed by atoms with Crippen molar-refractivity contribution in [1.82, 2.24) is 0 Å². The van der Waals surface area contributed by atoms with Gasteiger partial charge < -0.3 is 15.5 Å². The van der Waals surface area contributed by atoms with Crippen LogP contribution >= 0.6 is 0 Å². The van der Waals surface area contributed by atoms with Crippen molar-refractivity contribution in [3.8, 4) is 0 Å². The molecule has 128 valence electrons. The molecule has 2 heterocycles. The number of amides is 1. The van der Waals surface area contributed by atoms with Gasteiger partial charge in [0.25, 0.3) is 5.91 Å². The minimum Gasteiger partial charge on any atom is -0.369 e. The Hall–Kier alpha value is -2.89. The van der Waals surface area contributed by atoms with Crippen molar-refractivity contribution >= 4 is 28.5 Å². The van der Waals surface area contributed by atoms with Crippen LogP contribution < -0.4 is 15.5 Å². The van der Waals surface area contributed by atoms with Crippen LogP contribution in [-0.4, -0.2) is 19.0 Å². The second-order valence-corrected chi connectivity index (χ2v) is 6.18. The Labute approximate surface area is 144 Å². The number of carbonyl (C=O) groups is 1. The number of halogens is 2. The fourth-order valence-electron chi connectivity index (χ4n) is 3.31. The van der Waals surface area contributed by atoms with Gasteiger partial charge in [-0.1, -0.05) is 6.07 Å². The lowest BCUT2D eigenvalue weighted by molar-refractivity contribution is -0.110. The third-order valence-electron chi connectivity index (χ3n) is 4.55. The van der Waals surface area contributed by atoms with Crippen molar-refractivity contribution in [2.45, 2.75) is 12.8 Å². The van der Waals surface area contributed by atoms with E-state index < -0.39 is 5.82 Å². The Bertz CT molecular complexity index is 873. The van der Waals surface area contributed by atoms with Crippen LogP contribution in [0.25, 0.3) is 5.57 Å². The Morgan fingerprint density at radius 2 is 1.88 bits per heavy atom. The molecule has 1 fully saturated rings. The van der Waals surface area contributed by atoms with E-state index in [1.807, 2.05) is 4.90 Å². The zero-order chi connectivity index (χ0) is 17.4. The molecule has 1 amide bonds. The van der Waals surface area contributed by atoms with Crippen molar-refractivity contribution in [3.05, 3.63) is 59.8 Å². The van der Waals surface area contributed by atoms with E-state index in [0.29, 0.717) is 17.1 Å². The van der Waals surface area contributed by atoms with Crippen LogP contribution in [0.5, 0.6) is 0 Å². The third-order valence-corrected chi connectivity index (χ3v) is 4.55. The first kappa shape index (κ1) is 15.6. The van der Waals surface area contributed by atoms with Gasteiger partial charge in [-0.25, -0.2) is 8.78 Å². The van der Waals surface area contributed by atoms with Gasteiger partial charge in [0.05, 0.1) is 16.9 Å². The lowest BCUT2D eigenvalue weighted by Crippen LogP contribution is -2.18. The molecule has 2 aliphatic heterocycles. The summed E-state index contributed by atoms with van der Waals surface area (Å²) in [5.41, 5.74) is 1.95. The SMILES string of the molecule is O=C1Nc2cccc(F)c2C1=CNc1ccc(N2CCCC2)c(F)c1. The minimum atomic E-state index is -0.473. The van der Waals surface area contributed by atoms with Crippen molar-refractivity contribution in [3.63, 3.8) is 0 Å². The Kier molecular flexibility index (Phi) is 3.87. The number of fused-ring (bicyclic) bond motifs is 1. The zero-order valence-electron chi connectivity index (χ0n) is 13.5. The van der Waals surface area contributed by atoms with E-state index in [1.54, 1.807) is 18.2 Å². The molecular formula is C19H17F2N3O. The van der Waals surface area contributed by atoms with Crippen LogP contribution in [0.15, 0.2) is 42.6 Å². The molecular weight excluding hydrogens is 324 g/mol. The number of rotatable bonds is 3. The Morgan fingerprint density at radius 1 is 1.08 bits per heavy atom. The molecule has 4 rings (SSSR count). The highest BCUT2D eigenvalue weighted by Gasteiger charge is 2.27. The fourth-order valence-corrected chi connectivity index (χ4v) is 3.31. The van der Waals surface area contributed by atoms with Gasteiger partial charge in [0.1, 0.15) is 11.6 Å². The molecule has 2 aromatic carbocycles. The quantitative estimate of drug-likeness (QED) is 0.831. The molecule has 0 aromatic heterocycles. The summed E-state index contributed by atoms with van der Waals surface area (Å²) >= 11 is 0. The maximum absolute atomic E-state index is 14.3. The minimum absolute atomic E-state index is 0.192.